The summed E-state index contributed by atoms with van der Waals surface area (Å²) in [6.45, 7) is 2.79. The van der Waals surface area contributed by atoms with Crippen molar-refractivity contribution in [2.24, 2.45) is 0 Å². The van der Waals surface area contributed by atoms with E-state index in [0.717, 1.165) is 27.4 Å². The largest absolute Gasteiger partial charge is 0.399 e. The SMILES string of the molecule is Cc1ncc(CNc2ccc(N)cc2Br)s1. The van der Waals surface area contributed by atoms with Crippen LogP contribution in [-0.2, 0) is 6.54 Å². The van der Waals surface area contributed by atoms with Gasteiger partial charge in [0.1, 0.15) is 0 Å². The highest BCUT2D eigenvalue weighted by atomic mass is 79.9. The van der Waals surface area contributed by atoms with E-state index in [1.54, 1.807) is 11.3 Å². The summed E-state index contributed by atoms with van der Waals surface area (Å²) >= 11 is 5.17. The lowest BCUT2D eigenvalue weighted by molar-refractivity contribution is 1.16. The minimum Gasteiger partial charge on any atom is -0.399 e. The molecule has 1 aromatic heterocycles. The molecule has 3 N–H and O–H groups in total. The van der Waals surface area contributed by atoms with Crippen molar-refractivity contribution in [2.45, 2.75) is 13.5 Å². The number of anilines is 2. The number of aryl methyl sites for hydroxylation is 1. The molecule has 0 atom stereocenters. The van der Waals surface area contributed by atoms with Crippen LogP contribution in [-0.4, -0.2) is 4.98 Å². The summed E-state index contributed by atoms with van der Waals surface area (Å²) in [5.41, 5.74) is 7.47. The monoisotopic (exact) mass is 297 g/mol. The number of nitrogens with one attached hydrogen (secondary N) is 1. The zero-order valence-corrected chi connectivity index (χ0v) is 11.2. The van der Waals surface area contributed by atoms with Crippen LogP contribution in [0.1, 0.15) is 9.88 Å². The molecule has 0 bridgehead atoms. The molecule has 16 heavy (non-hydrogen) atoms. The number of benzene rings is 1. The highest BCUT2D eigenvalue weighted by Gasteiger charge is 2.01. The number of thiazole rings is 1. The zero-order chi connectivity index (χ0) is 11.5. The second-order valence-electron chi connectivity index (χ2n) is 3.44. The zero-order valence-electron chi connectivity index (χ0n) is 8.83. The first-order valence-corrected chi connectivity index (χ1v) is 6.46. The highest BCUT2D eigenvalue weighted by Crippen LogP contribution is 2.25. The van der Waals surface area contributed by atoms with Gasteiger partial charge in [-0.2, -0.15) is 0 Å². The van der Waals surface area contributed by atoms with Gasteiger partial charge in [-0.3, -0.25) is 0 Å². The van der Waals surface area contributed by atoms with Gasteiger partial charge in [-0.25, -0.2) is 4.98 Å². The van der Waals surface area contributed by atoms with Crippen LogP contribution >= 0.6 is 27.3 Å². The van der Waals surface area contributed by atoms with Crippen LogP contribution in [0.4, 0.5) is 11.4 Å². The molecule has 0 aliphatic heterocycles. The fourth-order valence-corrected chi connectivity index (χ4v) is 2.62. The third kappa shape index (κ3) is 2.74. The Kier molecular flexibility index (Phi) is 3.46. The molecule has 0 aliphatic rings. The van der Waals surface area contributed by atoms with Gasteiger partial charge in [-0.05, 0) is 41.1 Å². The Labute approximate surface area is 107 Å². The molecule has 2 aromatic rings. The Morgan fingerprint density at radius 2 is 2.31 bits per heavy atom. The van der Waals surface area contributed by atoms with Crippen molar-refractivity contribution < 1.29 is 0 Å². The normalized spacial score (nSPS) is 10.4. The van der Waals surface area contributed by atoms with E-state index in [2.05, 4.69) is 26.2 Å². The van der Waals surface area contributed by atoms with E-state index in [0.29, 0.717) is 0 Å². The van der Waals surface area contributed by atoms with Crippen molar-refractivity contribution in [1.29, 1.82) is 0 Å². The van der Waals surface area contributed by atoms with Crippen LogP contribution in [0.2, 0.25) is 0 Å². The smallest absolute Gasteiger partial charge is 0.0897 e. The Balaban J connectivity index is 2.04. The summed E-state index contributed by atoms with van der Waals surface area (Å²) in [6.07, 6.45) is 1.90. The fraction of sp³-hybridized carbons (Fsp3) is 0.182. The van der Waals surface area contributed by atoms with Gasteiger partial charge in [0, 0.05) is 26.9 Å². The standard InChI is InChI=1S/C11H12BrN3S/c1-7-14-5-9(16-7)6-15-11-3-2-8(13)4-10(11)12/h2-5,15H,6,13H2,1H3. The Hall–Kier alpha value is -1.07. The third-order valence-corrected chi connectivity index (χ3v) is 3.68. The second kappa shape index (κ2) is 4.84. The minimum absolute atomic E-state index is 0.756. The maximum atomic E-state index is 5.67. The minimum atomic E-state index is 0.756. The van der Waals surface area contributed by atoms with Crippen LogP contribution in [0.15, 0.2) is 28.9 Å². The molecule has 84 valence electrons. The van der Waals surface area contributed by atoms with E-state index in [9.17, 15) is 0 Å². The van der Waals surface area contributed by atoms with Crippen molar-refractivity contribution in [3.05, 3.63) is 38.8 Å². The second-order valence-corrected chi connectivity index (χ2v) is 5.61. The average molecular weight is 298 g/mol. The molecule has 2 rings (SSSR count). The lowest BCUT2D eigenvalue weighted by atomic mass is 10.3. The van der Waals surface area contributed by atoms with Crippen molar-refractivity contribution in [1.82, 2.24) is 4.98 Å². The van der Waals surface area contributed by atoms with E-state index in [1.807, 2.05) is 31.3 Å². The van der Waals surface area contributed by atoms with Crippen molar-refractivity contribution in [3.8, 4) is 0 Å². The van der Waals surface area contributed by atoms with Crippen LogP contribution < -0.4 is 11.1 Å². The van der Waals surface area contributed by atoms with Crippen molar-refractivity contribution in [3.63, 3.8) is 0 Å². The number of nitrogens with zero attached hydrogens (tertiary/aromatic N) is 1. The Morgan fingerprint density at radius 3 is 2.94 bits per heavy atom. The maximum Gasteiger partial charge on any atom is 0.0897 e. The maximum absolute atomic E-state index is 5.67. The molecule has 5 heteroatoms. The predicted molar refractivity (Wildman–Crippen MR) is 72.7 cm³/mol. The molecular weight excluding hydrogens is 286 g/mol. The topological polar surface area (TPSA) is 50.9 Å². The summed E-state index contributed by atoms with van der Waals surface area (Å²) in [4.78, 5) is 5.44. The molecule has 0 saturated carbocycles. The number of rotatable bonds is 3. The van der Waals surface area contributed by atoms with Gasteiger partial charge in [0.05, 0.1) is 11.6 Å². The van der Waals surface area contributed by atoms with E-state index in [4.69, 9.17) is 5.73 Å². The van der Waals surface area contributed by atoms with Crippen LogP contribution in [0, 0.1) is 6.92 Å². The van der Waals surface area contributed by atoms with E-state index < -0.39 is 0 Å². The van der Waals surface area contributed by atoms with Gasteiger partial charge < -0.3 is 11.1 Å². The summed E-state index contributed by atoms with van der Waals surface area (Å²) in [5, 5.41) is 4.43. The van der Waals surface area contributed by atoms with Crippen LogP contribution in [0.25, 0.3) is 0 Å². The van der Waals surface area contributed by atoms with E-state index in [1.165, 1.54) is 4.88 Å². The van der Waals surface area contributed by atoms with Crippen LogP contribution in [0.5, 0.6) is 0 Å². The fourth-order valence-electron chi connectivity index (χ4n) is 1.34. The quantitative estimate of drug-likeness (QED) is 0.854. The molecule has 0 spiro atoms. The molecule has 1 aromatic carbocycles. The van der Waals surface area contributed by atoms with E-state index in [-0.39, 0.29) is 0 Å². The first kappa shape index (κ1) is 11.4. The average Bonchev–Trinajstić information content (AvgIpc) is 2.63. The first-order valence-electron chi connectivity index (χ1n) is 4.85. The number of aromatic nitrogens is 1. The lowest BCUT2D eigenvalue weighted by Gasteiger charge is -2.07. The predicted octanol–water partition coefficient (Wildman–Crippen LogP) is 3.41. The summed E-state index contributed by atoms with van der Waals surface area (Å²) in [7, 11) is 0. The molecular formula is C11H12BrN3S. The van der Waals surface area contributed by atoms with Crippen LogP contribution in [0.3, 0.4) is 0 Å². The third-order valence-electron chi connectivity index (χ3n) is 2.12. The van der Waals surface area contributed by atoms with Gasteiger partial charge in [0.15, 0.2) is 0 Å². The molecule has 0 aliphatic carbocycles. The number of hydrogen-bond acceptors (Lipinski definition) is 4. The summed E-state index contributed by atoms with van der Waals surface area (Å²) < 4.78 is 0.980. The number of hydrogen-bond donors (Lipinski definition) is 2. The number of nitrogen functional groups attached to an aromatic ring is 1. The van der Waals surface area contributed by atoms with Crippen molar-refractivity contribution >= 4 is 38.6 Å². The van der Waals surface area contributed by atoms with Gasteiger partial charge in [0.25, 0.3) is 0 Å². The summed E-state index contributed by atoms with van der Waals surface area (Å²) in [6, 6.07) is 5.73. The Bertz CT molecular complexity index is 496. The Morgan fingerprint density at radius 1 is 1.50 bits per heavy atom. The summed E-state index contributed by atoms with van der Waals surface area (Å²) in [5.74, 6) is 0. The highest BCUT2D eigenvalue weighted by molar-refractivity contribution is 9.10. The van der Waals surface area contributed by atoms with Gasteiger partial charge in [0.2, 0.25) is 0 Å². The molecule has 3 nitrogen and oxygen atoms in total. The van der Waals surface area contributed by atoms with Gasteiger partial charge in [-0.15, -0.1) is 11.3 Å². The molecule has 0 fully saturated rings. The van der Waals surface area contributed by atoms with Crippen molar-refractivity contribution in [2.75, 3.05) is 11.1 Å². The molecule has 0 amide bonds. The van der Waals surface area contributed by atoms with Gasteiger partial charge >= 0.3 is 0 Å². The number of nitrogens with two attached hydrogens (primary N) is 1. The van der Waals surface area contributed by atoms with Gasteiger partial charge in [-0.1, -0.05) is 0 Å². The molecule has 0 radical (unpaired) electrons. The van der Waals surface area contributed by atoms with E-state index >= 15 is 0 Å². The molecule has 0 unspecified atom stereocenters. The number of halogens is 1. The molecule has 0 saturated heterocycles. The lowest BCUT2D eigenvalue weighted by Crippen LogP contribution is -1.98. The first-order chi connectivity index (χ1) is 7.65. The molecule has 1 heterocycles.